The summed E-state index contributed by atoms with van der Waals surface area (Å²) in [5, 5.41) is 13.3. The van der Waals surface area contributed by atoms with Gasteiger partial charge in [-0.1, -0.05) is 17.7 Å². The number of hydrogen-bond acceptors (Lipinski definition) is 5. The molecule has 0 radical (unpaired) electrons. The van der Waals surface area contributed by atoms with E-state index in [-0.39, 0.29) is 5.91 Å². The number of benzene rings is 2. The van der Waals surface area contributed by atoms with Crippen molar-refractivity contribution in [3.8, 4) is 6.07 Å². The number of piperazine rings is 1. The molecule has 2 aliphatic rings. The average Bonchev–Trinajstić information content (AvgIpc) is 2.84. The highest BCUT2D eigenvalue weighted by Crippen LogP contribution is 2.20. The van der Waals surface area contributed by atoms with Crippen molar-refractivity contribution >= 4 is 28.9 Å². The number of likely N-dealkylation sites (tertiary alicyclic amines) is 1. The predicted octanol–water partition coefficient (Wildman–Crippen LogP) is 3.83. The maximum Gasteiger partial charge on any atom is 0.223 e. The van der Waals surface area contributed by atoms with Crippen LogP contribution in [-0.2, 0) is 4.79 Å². The number of amides is 1. The summed E-state index contributed by atoms with van der Waals surface area (Å²) in [6, 6.07) is 18.1. The van der Waals surface area contributed by atoms with Gasteiger partial charge in [-0.05, 0) is 55.3 Å². The molecule has 0 spiro atoms. The Balaban J connectivity index is 1.16. The number of anilines is 2. The van der Waals surface area contributed by atoms with Crippen LogP contribution in [0.2, 0.25) is 5.02 Å². The molecule has 1 amide bonds. The lowest BCUT2D eigenvalue weighted by Crippen LogP contribution is -2.48. The number of carbonyl (C=O) groups is 1. The van der Waals surface area contributed by atoms with Gasteiger partial charge >= 0.3 is 0 Å². The molecule has 4 rings (SSSR count). The van der Waals surface area contributed by atoms with Crippen molar-refractivity contribution in [3.05, 3.63) is 59.1 Å². The lowest BCUT2D eigenvalue weighted by atomic mass is 10.0. The Hall–Kier alpha value is -2.75. The van der Waals surface area contributed by atoms with Gasteiger partial charge in [0.2, 0.25) is 5.91 Å². The van der Waals surface area contributed by atoms with E-state index < -0.39 is 0 Å². The summed E-state index contributed by atoms with van der Waals surface area (Å²) in [5.41, 5.74) is 2.85. The molecule has 0 unspecified atom stereocenters. The van der Waals surface area contributed by atoms with Crippen LogP contribution in [0.3, 0.4) is 0 Å². The quantitative estimate of drug-likeness (QED) is 0.723. The largest absolute Gasteiger partial charge is 0.382 e. The Morgan fingerprint density at radius 1 is 1.03 bits per heavy atom. The topological polar surface area (TPSA) is 62.6 Å². The van der Waals surface area contributed by atoms with Gasteiger partial charge in [0, 0.05) is 74.7 Å². The highest BCUT2D eigenvalue weighted by molar-refractivity contribution is 6.30. The van der Waals surface area contributed by atoms with E-state index >= 15 is 0 Å². The van der Waals surface area contributed by atoms with Crippen LogP contribution in [0.25, 0.3) is 0 Å². The van der Waals surface area contributed by atoms with Crippen LogP contribution in [0, 0.1) is 11.3 Å². The van der Waals surface area contributed by atoms with E-state index in [1.54, 1.807) is 0 Å². The van der Waals surface area contributed by atoms with Crippen LogP contribution in [0.5, 0.6) is 0 Å². The van der Waals surface area contributed by atoms with Crippen molar-refractivity contribution in [2.45, 2.75) is 25.3 Å². The molecule has 2 fully saturated rings. The normalized spacial score (nSPS) is 17.8. The van der Waals surface area contributed by atoms with Gasteiger partial charge in [0.1, 0.15) is 0 Å². The van der Waals surface area contributed by atoms with E-state index in [0.29, 0.717) is 18.0 Å². The third-order valence-corrected chi connectivity index (χ3v) is 6.67. The fraction of sp³-hybridized carbons (Fsp3) is 0.440. The summed E-state index contributed by atoms with van der Waals surface area (Å²) in [6.07, 6.45) is 2.45. The number of nitrogens with zero attached hydrogens (tertiary/aromatic N) is 4. The number of nitrogens with one attached hydrogen (secondary N) is 1. The number of piperidine rings is 1. The Bertz CT molecular complexity index is 942. The third kappa shape index (κ3) is 5.93. The monoisotopic (exact) mass is 451 g/mol. The number of carbonyl (C=O) groups excluding carboxylic acids is 1. The van der Waals surface area contributed by atoms with E-state index in [0.717, 1.165) is 69.4 Å². The highest BCUT2D eigenvalue weighted by atomic mass is 35.5. The highest BCUT2D eigenvalue weighted by Gasteiger charge is 2.24. The molecule has 0 saturated carbocycles. The van der Waals surface area contributed by atoms with Crippen molar-refractivity contribution in [3.63, 3.8) is 0 Å². The molecule has 32 heavy (non-hydrogen) atoms. The van der Waals surface area contributed by atoms with Gasteiger partial charge in [0.15, 0.2) is 0 Å². The van der Waals surface area contributed by atoms with Crippen molar-refractivity contribution in [1.29, 1.82) is 5.26 Å². The minimum Gasteiger partial charge on any atom is -0.382 e. The maximum absolute atomic E-state index is 12.7. The molecule has 168 valence electrons. The zero-order valence-corrected chi connectivity index (χ0v) is 19.1. The zero-order chi connectivity index (χ0) is 22.3. The minimum absolute atomic E-state index is 0.259. The SMILES string of the molecule is N#Cc1cccc(NC2CCN(C(=O)CCN3CCN(c4ccc(Cl)cc4)CC3)CC2)c1. The summed E-state index contributed by atoms with van der Waals surface area (Å²) in [7, 11) is 0. The van der Waals surface area contributed by atoms with Gasteiger partial charge in [0.25, 0.3) is 0 Å². The molecular formula is C25H30ClN5O. The first-order valence-corrected chi connectivity index (χ1v) is 11.8. The predicted molar refractivity (Wildman–Crippen MR) is 129 cm³/mol. The summed E-state index contributed by atoms with van der Waals surface area (Å²) >= 11 is 5.99. The number of halogens is 1. The second-order valence-electron chi connectivity index (χ2n) is 8.55. The molecule has 2 heterocycles. The van der Waals surface area contributed by atoms with Crippen molar-refractivity contribution in [2.24, 2.45) is 0 Å². The summed E-state index contributed by atoms with van der Waals surface area (Å²) < 4.78 is 0. The molecule has 6 nitrogen and oxygen atoms in total. The summed E-state index contributed by atoms with van der Waals surface area (Å²) in [4.78, 5) is 19.5. The van der Waals surface area contributed by atoms with Crippen molar-refractivity contribution in [2.75, 3.05) is 56.0 Å². The van der Waals surface area contributed by atoms with Gasteiger partial charge in [-0.25, -0.2) is 0 Å². The molecule has 2 aromatic carbocycles. The first kappa shape index (κ1) is 22.4. The molecule has 0 bridgehead atoms. The van der Waals surface area contributed by atoms with Gasteiger partial charge in [-0.3, -0.25) is 9.69 Å². The van der Waals surface area contributed by atoms with Crippen LogP contribution in [0.4, 0.5) is 11.4 Å². The van der Waals surface area contributed by atoms with E-state index in [4.69, 9.17) is 16.9 Å². The second kappa shape index (κ2) is 10.7. The average molecular weight is 452 g/mol. The summed E-state index contributed by atoms with van der Waals surface area (Å²) in [6.45, 7) is 6.30. The first-order chi connectivity index (χ1) is 15.6. The van der Waals surface area contributed by atoms with Gasteiger partial charge in [-0.15, -0.1) is 0 Å². The third-order valence-electron chi connectivity index (χ3n) is 6.42. The molecule has 1 N–H and O–H groups in total. The van der Waals surface area contributed by atoms with Gasteiger partial charge in [-0.2, -0.15) is 5.26 Å². The Morgan fingerprint density at radius 2 is 1.75 bits per heavy atom. The second-order valence-corrected chi connectivity index (χ2v) is 8.98. The molecule has 0 aromatic heterocycles. The van der Waals surface area contributed by atoms with Crippen molar-refractivity contribution in [1.82, 2.24) is 9.80 Å². The molecule has 0 atom stereocenters. The molecule has 0 aliphatic carbocycles. The van der Waals surface area contributed by atoms with Gasteiger partial charge < -0.3 is 15.1 Å². The standard InChI is InChI=1S/C25H30ClN5O/c26-21-4-6-24(7-5-21)30-16-14-29(15-17-30)11-10-25(32)31-12-8-22(9-13-31)28-23-3-1-2-20(18-23)19-27/h1-7,18,22,28H,8-17H2. The van der Waals surface area contributed by atoms with E-state index in [1.165, 1.54) is 5.69 Å². The number of rotatable bonds is 6. The lowest BCUT2D eigenvalue weighted by Gasteiger charge is -2.37. The molecule has 2 aliphatic heterocycles. The zero-order valence-electron chi connectivity index (χ0n) is 18.3. The van der Waals surface area contributed by atoms with Crippen LogP contribution in [0.1, 0.15) is 24.8 Å². The minimum atomic E-state index is 0.259. The summed E-state index contributed by atoms with van der Waals surface area (Å²) in [5.74, 6) is 0.259. The Labute approximate surface area is 195 Å². The van der Waals surface area contributed by atoms with Crippen LogP contribution in [0.15, 0.2) is 48.5 Å². The van der Waals surface area contributed by atoms with Crippen LogP contribution in [-0.4, -0.2) is 67.6 Å². The smallest absolute Gasteiger partial charge is 0.223 e. The molecular weight excluding hydrogens is 422 g/mol. The van der Waals surface area contributed by atoms with Crippen LogP contribution < -0.4 is 10.2 Å². The number of nitriles is 1. The fourth-order valence-corrected chi connectivity index (χ4v) is 4.61. The van der Waals surface area contributed by atoms with Crippen molar-refractivity contribution < 1.29 is 4.79 Å². The lowest BCUT2D eigenvalue weighted by molar-refractivity contribution is -0.132. The fourth-order valence-electron chi connectivity index (χ4n) is 4.48. The molecule has 2 saturated heterocycles. The van der Waals surface area contributed by atoms with E-state index in [2.05, 4.69) is 33.3 Å². The number of hydrogen-bond donors (Lipinski definition) is 1. The van der Waals surface area contributed by atoms with E-state index in [9.17, 15) is 4.79 Å². The van der Waals surface area contributed by atoms with Gasteiger partial charge in [0.05, 0.1) is 11.6 Å². The molecule has 7 heteroatoms. The maximum atomic E-state index is 12.7. The first-order valence-electron chi connectivity index (χ1n) is 11.4. The Kier molecular flexibility index (Phi) is 7.51. The molecule has 2 aromatic rings. The van der Waals surface area contributed by atoms with E-state index in [1.807, 2.05) is 41.3 Å². The Morgan fingerprint density at radius 3 is 2.44 bits per heavy atom. The van der Waals surface area contributed by atoms with Crippen LogP contribution >= 0.6 is 11.6 Å².